The number of esters is 1. The SMILES string of the molecule is COc1ccccc1COC(=O)c1cnn2c1n[n+]([O-])c1ccc(C)cc12. The minimum absolute atomic E-state index is 0.0320. The molecular formula is C19H16N4O4. The van der Waals surface area contributed by atoms with Crippen molar-refractivity contribution in [2.24, 2.45) is 0 Å². The maximum absolute atomic E-state index is 12.5. The number of nitrogens with zero attached hydrogens (tertiary/aromatic N) is 4. The molecule has 2 aromatic heterocycles. The monoisotopic (exact) mass is 364 g/mol. The molecule has 2 aromatic carbocycles. The van der Waals surface area contributed by atoms with Gasteiger partial charge >= 0.3 is 5.97 Å². The molecule has 0 atom stereocenters. The lowest BCUT2D eigenvalue weighted by Gasteiger charge is -2.08. The van der Waals surface area contributed by atoms with E-state index in [0.29, 0.717) is 21.6 Å². The molecule has 0 spiro atoms. The molecule has 0 aliphatic rings. The molecule has 0 radical (unpaired) electrons. The summed E-state index contributed by atoms with van der Waals surface area (Å²) in [5, 5.41) is 20.4. The molecule has 0 amide bonds. The molecule has 2 heterocycles. The Labute approximate surface area is 154 Å². The Morgan fingerprint density at radius 1 is 1.26 bits per heavy atom. The van der Waals surface area contributed by atoms with Crippen molar-refractivity contribution in [3.63, 3.8) is 0 Å². The number of hydrogen-bond acceptors (Lipinski definition) is 6. The number of fused-ring (bicyclic) bond motifs is 3. The summed E-state index contributed by atoms with van der Waals surface area (Å²) in [7, 11) is 1.55. The molecule has 8 heteroatoms. The van der Waals surface area contributed by atoms with E-state index in [1.54, 1.807) is 19.2 Å². The zero-order valence-electron chi connectivity index (χ0n) is 14.7. The number of para-hydroxylation sites is 1. The van der Waals surface area contributed by atoms with Gasteiger partial charge in [-0.05, 0) is 29.5 Å². The summed E-state index contributed by atoms with van der Waals surface area (Å²) < 4.78 is 12.1. The number of aryl methyl sites for hydroxylation is 1. The van der Waals surface area contributed by atoms with Crippen molar-refractivity contribution < 1.29 is 19.1 Å². The molecule has 136 valence electrons. The topological polar surface area (TPSA) is 92.7 Å². The van der Waals surface area contributed by atoms with E-state index in [1.165, 1.54) is 10.7 Å². The summed E-state index contributed by atoms with van der Waals surface area (Å²) in [4.78, 5) is 13.0. The zero-order chi connectivity index (χ0) is 19.0. The van der Waals surface area contributed by atoms with Crippen LogP contribution in [0.25, 0.3) is 16.7 Å². The smallest absolute Gasteiger partial charge is 0.344 e. The van der Waals surface area contributed by atoms with E-state index in [9.17, 15) is 10.0 Å². The highest BCUT2D eigenvalue weighted by Gasteiger charge is 2.22. The highest BCUT2D eigenvalue weighted by molar-refractivity contribution is 5.96. The molecule has 0 saturated heterocycles. The number of methoxy groups -OCH3 is 1. The summed E-state index contributed by atoms with van der Waals surface area (Å²) in [5.74, 6) is 0.0116. The second kappa shape index (κ2) is 6.56. The van der Waals surface area contributed by atoms with Crippen LogP contribution in [0.15, 0.2) is 48.7 Å². The Kier molecular flexibility index (Phi) is 4.08. The predicted molar refractivity (Wildman–Crippen MR) is 96.3 cm³/mol. The molecule has 0 unspecified atom stereocenters. The lowest BCUT2D eigenvalue weighted by molar-refractivity contribution is -0.640. The normalized spacial score (nSPS) is 11.0. The maximum Gasteiger partial charge on any atom is 0.344 e. The lowest BCUT2D eigenvalue weighted by atomic mass is 10.2. The lowest BCUT2D eigenvalue weighted by Crippen LogP contribution is -2.33. The van der Waals surface area contributed by atoms with Gasteiger partial charge in [-0.15, -0.1) is 0 Å². The summed E-state index contributed by atoms with van der Waals surface area (Å²) >= 11 is 0. The third kappa shape index (κ3) is 2.91. The average molecular weight is 364 g/mol. The number of hydrogen-bond donors (Lipinski definition) is 0. The first-order chi connectivity index (χ1) is 13.1. The van der Waals surface area contributed by atoms with Crippen LogP contribution in [-0.2, 0) is 11.3 Å². The molecule has 0 aliphatic carbocycles. The summed E-state index contributed by atoms with van der Waals surface area (Å²) in [5.41, 5.74) is 2.90. The zero-order valence-corrected chi connectivity index (χ0v) is 14.7. The largest absolute Gasteiger partial charge is 0.594 e. The van der Waals surface area contributed by atoms with Gasteiger partial charge in [-0.2, -0.15) is 5.10 Å². The highest BCUT2D eigenvalue weighted by atomic mass is 16.5. The van der Waals surface area contributed by atoms with E-state index < -0.39 is 5.97 Å². The number of rotatable bonds is 4. The predicted octanol–water partition coefficient (Wildman–Crippen LogP) is 2.19. The molecule has 0 saturated carbocycles. The van der Waals surface area contributed by atoms with E-state index in [2.05, 4.69) is 10.2 Å². The summed E-state index contributed by atoms with van der Waals surface area (Å²) in [6, 6.07) is 12.6. The molecule has 8 nitrogen and oxygen atoms in total. The van der Waals surface area contributed by atoms with E-state index >= 15 is 0 Å². The van der Waals surface area contributed by atoms with Crippen molar-refractivity contribution in [2.75, 3.05) is 7.11 Å². The van der Waals surface area contributed by atoms with Crippen molar-refractivity contribution in [3.05, 3.63) is 70.6 Å². The first kappa shape index (κ1) is 16.8. The third-order valence-corrected chi connectivity index (χ3v) is 4.27. The van der Waals surface area contributed by atoms with E-state index in [0.717, 1.165) is 11.1 Å². The number of carbonyl (C=O) groups excluding carboxylic acids is 1. The minimum Gasteiger partial charge on any atom is -0.594 e. The summed E-state index contributed by atoms with van der Waals surface area (Å²) in [6.45, 7) is 1.94. The van der Waals surface area contributed by atoms with Gasteiger partial charge in [-0.3, -0.25) is 0 Å². The number of carbonyl (C=O) groups is 1. The van der Waals surface area contributed by atoms with Crippen molar-refractivity contribution in [1.29, 1.82) is 0 Å². The van der Waals surface area contributed by atoms with Crippen LogP contribution < -0.4 is 9.58 Å². The third-order valence-electron chi connectivity index (χ3n) is 4.27. The molecule has 0 N–H and O–H groups in total. The van der Waals surface area contributed by atoms with E-state index in [1.807, 2.05) is 37.3 Å². The fourth-order valence-corrected chi connectivity index (χ4v) is 2.91. The Morgan fingerprint density at radius 3 is 2.89 bits per heavy atom. The molecule has 27 heavy (non-hydrogen) atoms. The second-order valence-electron chi connectivity index (χ2n) is 6.05. The van der Waals surface area contributed by atoms with Crippen LogP contribution in [-0.4, -0.2) is 27.8 Å². The first-order valence-corrected chi connectivity index (χ1v) is 8.25. The molecule has 0 fully saturated rings. The van der Waals surface area contributed by atoms with Gasteiger partial charge in [0.25, 0.3) is 5.52 Å². The van der Waals surface area contributed by atoms with Crippen LogP contribution in [0, 0.1) is 12.1 Å². The van der Waals surface area contributed by atoms with Gasteiger partial charge in [0, 0.05) is 16.7 Å². The van der Waals surface area contributed by atoms with Crippen molar-refractivity contribution >= 4 is 22.6 Å². The number of benzene rings is 2. The van der Waals surface area contributed by atoms with Crippen LogP contribution in [0.2, 0.25) is 0 Å². The minimum atomic E-state index is -0.615. The van der Waals surface area contributed by atoms with Crippen molar-refractivity contribution in [3.8, 4) is 5.75 Å². The molecule has 4 aromatic rings. The second-order valence-corrected chi connectivity index (χ2v) is 6.05. The Hall–Kier alpha value is -3.68. The van der Waals surface area contributed by atoms with Gasteiger partial charge in [0.1, 0.15) is 23.4 Å². The van der Waals surface area contributed by atoms with Crippen LogP contribution >= 0.6 is 0 Å². The van der Waals surface area contributed by atoms with E-state index in [4.69, 9.17) is 9.47 Å². The Bertz CT molecular complexity index is 1170. The maximum atomic E-state index is 12.5. The first-order valence-electron chi connectivity index (χ1n) is 8.25. The Morgan fingerprint density at radius 2 is 2.07 bits per heavy atom. The molecular weight excluding hydrogens is 348 g/mol. The number of aromatic nitrogens is 4. The molecule has 0 bridgehead atoms. The van der Waals surface area contributed by atoms with Crippen LogP contribution in [0.4, 0.5) is 0 Å². The van der Waals surface area contributed by atoms with Gasteiger partial charge in [-0.25, -0.2) is 9.31 Å². The van der Waals surface area contributed by atoms with Crippen molar-refractivity contribution in [1.82, 2.24) is 14.7 Å². The Balaban J connectivity index is 1.69. The van der Waals surface area contributed by atoms with E-state index in [-0.39, 0.29) is 17.8 Å². The van der Waals surface area contributed by atoms with Crippen LogP contribution in [0.1, 0.15) is 21.5 Å². The standard InChI is InChI=1S/C19H16N4O4/c1-12-7-8-15-16(9-12)22-18(21-23(15)25)14(10-20-22)19(24)27-11-13-5-3-4-6-17(13)26-2/h3-10H,11H2,1-2H3. The summed E-state index contributed by atoms with van der Waals surface area (Å²) in [6.07, 6.45) is 1.36. The van der Waals surface area contributed by atoms with Gasteiger partial charge in [0.05, 0.1) is 13.3 Å². The fraction of sp³-hybridized carbons (Fsp3) is 0.158. The average Bonchev–Trinajstić information content (AvgIpc) is 3.10. The van der Waals surface area contributed by atoms with Gasteiger partial charge in [0.15, 0.2) is 0 Å². The molecule has 0 aliphatic heterocycles. The highest BCUT2D eigenvalue weighted by Crippen LogP contribution is 2.20. The van der Waals surface area contributed by atoms with Crippen LogP contribution in [0.3, 0.4) is 0 Å². The molecule has 4 rings (SSSR count). The van der Waals surface area contributed by atoms with Gasteiger partial charge in [-0.1, -0.05) is 24.3 Å². The fourth-order valence-electron chi connectivity index (χ4n) is 2.91. The van der Waals surface area contributed by atoms with Crippen molar-refractivity contribution in [2.45, 2.75) is 13.5 Å². The van der Waals surface area contributed by atoms with Gasteiger partial charge < -0.3 is 14.7 Å². The quantitative estimate of drug-likeness (QED) is 0.313. The number of ether oxygens (including phenoxy) is 2. The van der Waals surface area contributed by atoms with Crippen LogP contribution in [0.5, 0.6) is 5.75 Å². The van der Waals surface area contributed by atoms with Gasteiger partial charge in [0.2, 0.25) is 5.65 Å².